The second kappa shape index (κ2) is 7.56. The summed E-state index contributed by atoms with van der Waals surface area (Å²) in [6, 6.07) is 10.4. The summed E-state index contributed by atoms with van der Waals surface area (Å²) in [5.74, 6) is 0.836. The lowest BCUT2D eigenvalue weighted by molar-refractivity contribution is -0.136. The quantitative estimate of drug-likeness (QED) is 0.745. The van der Waals surface area contributed by atoms with Crippen LogP contribution in [0.1, 0.15) is 24.3 Å². The first kappa shape index (κ1) is 17.8. The lowest BCUT2D eigenvalue weighted by atomic mass is 9.96. The van der Waals surface area contributed by atoms with Crippen LogP contribution in [0.2, 0.25) is 0 Å². The van der Waals surface area contributed by atoms with Crippen molar-refractivity contribution in [2.75, 3.05) is 20.1 Å². The number of carbonyl (C=O) groups excluding carboxylic acids is 1. The van der Waals surface area contributed by atoms with Crippen LogP contribution in [0.25, 0.3) is 10.9 Å². The van der Waals surface area contributed by atoms with Crippen LogP contribution in [0.15, 0.2) is 47.1 Å². The third-order valence-electron chi connectivity index (χ3n) is 5.24. The molecule has 1 saturated heterocycles. The maximum Gasteiger partial charge on any atom is 0.227 e. The summed E-state index contributed by atoms with van der Waals surface area (Å²) in [4.78, 5) is 20.2. The zero-order valence-corrected chi connectivity index (χ0v) is 15.5. The number of aromatic nitrogens is 1. The summed E-state index contributed by atoms with van der Waals surface area (Å²) >= 11 is 0. The van der Waals surface area contributed by atoms with E-state index >= 15 is 0 Å². The highest BCUT2D eigenvalue weighted by atomic mass is 19.1. The number of hydrogen-bond donors (Lipinski definition) is 1. The number of halogens is 1. The Morgan fingerprint density at radius 1 is 1.37 bits per heavy atom. The van der Waals surface area contributed by atoms with Crippen molar-refractivity contribution in [3.8, 4) is 0 Å². The molecule has 0 unspecified atom stereocenters. The minimum Gasteiger partial charge on any atom is -0.468 e. The van der Waals surface area contributed by atoms with Crippen molar-refractivity contribution in [1.82, 2.24) is 14.8 Å². The molecule has 1 N–H and O–H groups in total. The number of furan rings is 1. The van der Waals surface area contributed by atoms with Crippen LogP contribution in [0.4, 0.5) is 4.39 Å². The van der Waals surface area contributed by atoms with Gasteiger partial charge in [-0.05, 0) is 55.8 Å². The van der Waals surface area contributed by atoms with Crippen molar-refractivity contribution in [2.45, 2.75) is 25.9 Å². The number of aromatic amines is 1. The van der Waals surface area contributed by atoms with Gasteiger partial charge in [-0.2, -0.15) is 0 Å². The fourth-order valence-corrected chi connectivity index (χ4v) is 3.92. The number of hydrogen-bond acceptors (Lipinski definition) is 3. The third kappa shape index (κ3) is 4.06. The van der Waals surface area contributed by atoms with Crippen molar-refractivity contribution >= 4 is 16.8 Å². The molecule has 3 aromatic rings. The van der Waals surface area contributed by atoms with E-state index in [1.165, 1.54) is 12.1 Å². The van der Waals surface area contributed by atoms with E-state index in [0.29, 0.717) is 6.54 Å². The average Bonchev–Trinajstić information content (AvgIpc) is 3.30. The van der Waals surface area contributed by atoms with Gasteiger partial charge in [0.15, 0.2) is 0 Å². The zero-order valence-electron chi connectivity index (χ0n) is 15.5. The molecule has 0 saturated carbocycles. The summed E-state index contributed by atoms with van der Waals surface area (Å²) in [5.41, 5.74) is 1.80. The van der Waals surface area contributed by atoms with Gasteiger partial charge >= 0.3 is 0 Å². The van der Waals surface area contributed by atoms with E-state index in [1.807, 2.05) is 25.2 Å². The summed E-state index contributed by atoms with van der Waals surface area (Å²) < 4.78 is 18.8. The summed E-state index contributed by atoms with van der Waals surface area (Å²) in [6.45, 7) is 2.97. The number of carbonyl (C=O) groups is 1. The first-order chi connectivity index (χ1) is 13.1. The Morgan fingerprint density at radius 2 is 2.26 bits per heavy atom. The van der Waals surface area contributed by atoms with Crippen molar-refractivity contribution < 1.29 is 13.6 Å². The van der Waals surface area contributed by atoms with Crippen LogP contribution in [0.3, 0.4) is 0 Å². The van der Waals surface area contributed by atoms with Crippen molar-refractivity contribution in [3.63, 3.8) is 0 Å². The van der Waals surface area contributed by atoms with Gasteiger partial charge in [-0.3, -0.25) is 9.69 Å². The number of piperidine rings is 1. The molecule has 6 heteroatoms. The molecule has 1 aromatic carbocycles. The van der Waals surface area contributed by atoms with Crippen molar-refractivity contribution in [2.24, 2.45) is 5.92 Å². The van der Waals surface area contributed by atoms with Gasteiger partial charge in [0.05, 0.1) is 25.3 Å². The predicted molar refractivity (Wildman–Crippen MR) is 101 cm³/mol. The van der Waals surface area contributed by atoms with E-state index in [0.717, 1.165) is 54.8 Å². The monoisotopic (exact) mass is 369 g/mol. The molecule has 27 heavy (non-hydrogen) atoms. The lowest BCUT2D eigenvalue weighted by Gasteiger charge is -2.33. The Labute approximate surface area is 157 Å². The fourth-order valence-electron chi connectivity index (χ4n) is 3.92. The van der Waals surface area contributed by atoms with E-state index in [1.54, 1.807) is 17.2 Å². The molecule has 0 radical (unpaired) electrons. The van der Waals surface area contributed by atoms with Crippen LogP contribution in [-0.4, -0.2) is 40.8 Å². The molecule has 0 spiro atoms. The van der Waals surface area contributed by atoms with Gasteiger partial charge in [0.1, 0.15) is 11.6 Å². The smallest absolute Gasteiger partial charge is 0.227 e. The van der Waals surface area contributed by atoms with Gasteiger partial charge in [-0.25, -0.2) is 4.39 Å². The van der Waals surface area contributed by atoms with E-state index < -0.39 is 0 Å². The van der Waals surface area contributed by atoms with E-state index in [4.69, 9.17) is 4.42 Å². The maximum atomic E-state index is 13.4. The highest BCUT2D eigenvalue weighted by Crippen LogP contribution is 2.22. The van der Waals surface area contributed by atoms with E-state index in [2.05, 4.69) is 9.88 Å². The molecule has 3 heterocycles. The zero-order chi connectivity index (χ0) is 18.8. The van der Waals surface area contributed by atoms with Gasteiger partial charge in [0, 0.05) is 30.2 Å². The summed E-state index contributed by atoms with van der Waals surface area (Å²) in [5, 5.41) is 0.827. The fraction of sp³-hybridized carbons (Fsp3) is 0.381. The maximum absolute atomic E-state index is 13.4. The number of nitrogens with one attached hydrogen (secondary N) is 1. The molecule has 5 nitrogen and oxygen atoms in total. The van der Waals surface area contributed by atoms with Crippen LogP contribution in [0.5, 0.6) is 0 Å². The molecule has 142 valence electrons. The normalized spacial score (nSPS) is 18.1. The molecule has 1 aliphatic rings. The minimum absolute atomic E-state index is 0.000495. The second-order valence-electron chi connectivity index (χ2n) is 7.37. The van der Waals surface area contributed by atoms with Crippen LogP contribution < -0.4 is 0 Å². The number of H-pyrrole nitrogens is 1. The molecule has 0 aliphatic carbocycles. The molecule has 1 atom stereocenters. The Hall–Kier alpha value is -2.60. The van der Waals surface area contributed by atoms with E-state index in [9.17, 15) is 9.18 Å². The highest BCUT2D eigenvalue weighted by Gasteiger charge is 2.28. The van der Waals surface area contributed by atoms with Gasteiger partial charge in [-0.15, -0.1) is 0 Å². The van der Waals surface area contributed by atoms with E-state index in [-0.39, 0.29) is 17.6 Å². The van der Waals surface area contributed by atoms with Crippen molar-refractivity contribution in [3.05, 3.63) is 59.9 Å². The molecule has 4 rings (SSSR count). The molecule has 0 bridgehead atoms. The third-order valence-corrected chi connectivity index (χ3v) is 5.24. The molecular weight excluding hydrogens is 345 g/mol. The number of likely N-dealkylation sites (tertiary alicyclic amines) is 1. The standard InChI is InChI=1S/C21H24FN3O2/c1-24(13-18-11-16-10-17(22)6-7-20(16)23-18)21(26)15-4-2-8-25(12-15)14-19-5-3-9-27-19/h3,5-7,9-11,15,23H,2,4,8,12-14H2,1H3/t15-/m1/s1. The van der Waals surface area contributed by atoms with Crippen molar-refractivity contribution in [1.29, 1.82) is 0 Å². The predicted octanol–water partition coefficient (Wildman–Crippen LogP) is 3.77. The Bertz CT molecular complexity index is 919. The highest BCUT2D eigenvalue weighted by molar-refractivity contribution is 5.81. The Kier molecular flexibility index (Phi) is 4.99. The Balaban J connectivity index is 1.38. The Morgan fingerprint density at radius 3 is 3.07 bits per heavy atom. The summed E-state index contributed by atoms with van der Waals surface area (Å²) in [6.07, 6.45) is 3.61. The SMILES string of the molecule is CN(Cc1cc2cc(F)ccc2[nH]1)C(=O)[C@@H]1CCCN(Cc2ccco2)C1. The first-order valence-corrected chi connectivity index (χ1v) is 9.35. The van der Waals surface area contributed by atoms with Crippen LogP contribution in [0, 0.1) is 11.7 Å². The largest absolute Gasteiger partial charge is 0.468 e. The minimum atomic E-state index is -0.253. The average molecular weight is 369 g/mol. The molecule has 1 amide bonds. The number of fused-ring (bicyclic) bond motifs is 1. The number of benzene rings is 1. The van der Waals surface area contributed by atoms with Crippen LogP contribution >= 0.6 is 0 Å². The number of rotatable bonds is 5. The summed E-state index contributed by atoms with van der Waals surface area (Å²) in [7, 11) is 1.83. The first-order valence-electron chi connectivity index (χ1n) is 9.35. The second-order valence-corrected chi connectivity index (χ2v) is 7.37. The van der Waals surface area contributed by atoms with Gasteiger partial charge in [0.25, 0.3) is 0 Å². The van der Waals surface area contributed by atoms with Gasteiger partial charge < -0.3 is 14.3 Å². The number of amides is 1. The molecule has 1 fully saturated rings. The topological polar surface area (TPSA) is 52.5 Å². The van der Waals surface area contributed by atoms with Crippen LogP contribution in [-0.2, 0) is 17.9 Å². The lowest BCUT2D eigenvalue weighted by Crippen LogP contribution is -2.43. The molecular formula is C21H24FN3O2. The van der Waals surface area contributed by atoms with Gasteiger partial charge in [-0.1, -0.05) is 0 Å². The number of nitrogens with zero attached hydrogens (tertiary/aromatic N) is 2. The van der Waals surface area contributed by atoms with Gasteiger partial charge in [0.2, 0.25) is 5.91 Å². The molecule has 2 aromatic heterocycles. The molecule has 1 aliphatic heterocycles.